The minimum Gasteiger partial charge on any atom is -0.370 e. The largest absolute Gasteiger partial charge is 0.370 e. The second-order valence-corrected chi connectivity index (χ2v) is 5.96. The summed E-state index contributed by atoms with van der Waals surface area (Å²) in [4.78, 5) is 6.75. The van der Waals surface area contributed by atoms with Gasteiger partial charge in [0, 0.05) is 25.5 Å². The molecule has 124 valence electrons. The maximum atomic E-state index is 6.13. The molecule has 5 nitrogen and oxygen atoms in total. The lowest BCUT2D eigenvalue weighted by Crippen LogP contribution is -2.42. The van der Waals surface area contributed by atoms with Gasteiger partial charge >= 0.3 is 0 Å². The van der Waals surface area contributed by atoms with Gasteiger partial charge in [0.25, 0.3) is 0 Å². The average molecular weight is 425 g/mol. The zero-order chi connectivity index (χ0) is 15.4. The molecule has 1 fully saturated rings. The molecule has 1 aromatic carbocycles. The van der Waals surface area contributed by atoms with Crippen molar-refractivity contribution in [1.29, 1.82) is 0 Å². The third-order valence-corrected chi connectivity index (χ3v) is 4.21. The fourth-order valence-corrected chi connectivity index (χ4v) is 2.73. The van der Waals surface area contributed by atoms with Gasteiger partial charge in [-0.15, -0.1) is 24.0 Å². The third-order valence-electron chi connectivity index (χ3n) is 4.21. The van der Waals surface area contributed by atoms with Gasteiger partial charge in [0.05, 0.1) is 12.2 Å². The summed E-state index contributed by atoms with van der Waals surface area (Å²) in [7, 11) is 0. The minimum absolute atomic E-state index is 0. The third kappa shape index (κ3) is 4.70. The van der Waals surface area contributed by atoms with Crippen LogP contribution in [-0.2, 0) is 6.54 Å². The molecule has 2 aromatic rings. The fourth-order valence-electron chi connectivity index (χ4n) is 2.73. The van der Waals surface area contributed by atoms with E-state index < -0.39 is 0 Å². The zero-order valence-electron chi connectivity index (χ0n) is 13.4. The second kappa shape index (κ2) is 8.33. The van der Waals surface area contributed by atoms with Crippen LogP contribution in [0.2, 0.25) is 0 Å². The van der Waals surface area contributed by atoms with E-state index in [9.17, 15) is 0 Å². The molecule has 0 atom stereocenters. The van der Waals surface area contributed by atoms with Crippen LogP contribution in [0, 0.1) is 5.92 Å². The lowest BCUT2D eigenvalue weighted by atomic mass is 10.00. The normalized spacial score (nSPS) is 16.2. The molecule has 3 rings (SSSR count). The number of halogens is 1. The smallest absolute Gasteiger partial charge is 0.191 e. The molecule has 0 aliphatic carbocycles. The van der Waals surface area contributed by atoms with Crippen molar-refractivity contribution >= 4 is 29.9 Å². The Labute approximate surface area is 154 Å². The average Bonchev–Trinajstić information content (AvgIpc) is 3.08. The first-order valence-corrected chi connectivity index (χ1v) is 7.86. The first kappa shape index (κ1) is 17.8. The Bertz CT molecular complexity index is 630. The van der Waals surface area contributed by atoms with Crippen molar-refractivity contribution in [3.8, 4) is 5.69 Å². The minimum atomic E-state index is 0. The van der Waals surface area contributed by atoms with Crippen LogP contribution in [0.4, 0.5) is 0 Å². The van der Waals surface area contributed by atoms with Gasteiger partial charge in [0.1, 0.15) is 0 Å². The SMILES string of the molecule is CC1CCN(C(N)=NCc2cccc(-n3cccn3)c2)CC1.I. The van der Waals surface area contributed by atoms with E-state index in [0.29, 0.717) is 12.5 Å². The van der Waals surface area contributed by atoms with Crippen LogP contribution in [0.25, 0.3) is 5.69 Å². The highest BCUT2D eigenvalue weighted by molar-refractivity contribution is 14.0. The number of nitrogens with zero attached hydrogens (tertiary/aromatic N) is 4. The van der Waals surface area contributed by atoms with E-state index in [-0.39, 0.29) is 24.0 Å². The molecule has 6 heteroatoms. The lowest BCUT2D eigenvalue weighted by molar-refractivity contribution is 0.277. The summed E-state index contributed by atoms with van der Waals surface area (Å²) in [6, 6.07) is 10.2. The second-order valence-electron chi connectivity index (χ2n) is 5.96. The van der Waals surface area contributed by atoms with E-state index in [1.165, 1.54) is 12.8 Å². The number of aromatic nitrogens is 2. The summed E-state index contributed by atoms with van der Waals surface area (Å²) in [5.74, 6) is 1.46. The summed E-state index contributed by atoms with van der Waals surface area (Å²) in [5.41, 5.74) is 8.32. The highest BCUT2D eigenvalue weighted by atomic mass is 127. The number of benzene rings is 1. The number of hydrogen-bond acceptors (Lipinski definition) is 2. The monoisotopic (exact) mass is 425 g/mol. The maximum Gasteiger partial charge on any atom is 0.191 e. The van der Waals surface area contributed by atoms with Crippen molar-refractivity contribution < 1.29 is 0 Å². The highest BCUT2D eigenvalue weighted by Crippen LogP contribution is 2.16. The van der Waals surface area contributed by atoms with Crippen LogP contribution in [0.3, 0.4) is 0 Å². The molecule has 0 spiro atoms. The predicted octanol–water partition coefficient (Wildman–Crippen LogP) is 3.04. The summed E-state index contributed by atoms with van der Waals surface area (Å²) >= 11 is 0. The molecule has 2 N–H and O–H groups in total. The van der Waals surface area contributed by atoms with E-state index in [0.717, 1.165) is 30.3 Å². The molecule has 0 unspecified atom stereocenters. The van der Waals surface area contributed by atoms with Crippen molar-refractivity contribution in [2.24, 2.45) is 16.6 Å². The molecule has 2 heterocycles. The predicted molar refractivity (Wildman–Crippen MR) is 104 cm³/mol. The van der Waals surface area contributed by atoms with Gasteiger partial charge in [-0.1, -0.05) is 19.1 Å². The van der Waals surface area contributed by atoms with Crippen molar-refractivity contribution in [2.75, 3.05) is 13.1 Å². The van der Waals surface area contributed by atoms with E-state index in [2.05, 4.69) is 34.0 Å². The van der Waals surface area contributed by atoms with Crippen LogP contribution >= 0.6 is 24.0 Å². The van der Waals surface area contributed by atoms with E-state index in [1.54, 1.807) is 6.20 Å². The fraction of sp³-hybridized carbons (Fsp3) is 0.412. The van der Waals surface area contributed by atoms with Crippen LogP contribution in [0.1, 0.15) is 25.3 Å². The van der Waals surface area contributed by atoms with Gasteiger partial charge in [-0.05, 0) is 42.5 Å². The first-order valence-electron chi connectivity index (χ1n) is 7.86. The maximum absolute atomic E-state index is 6.13. The van der Waals surface area contributed by atoms with Gasteiger partial charge in [-0.25, -0.2) is 9.67 Å². The molecule has 1 aliphatic rings. The van der Waals surface area contributed by atoms with Gasteiger partial charge in [0.15, 0.2) is 5.96 Å². The van der Waals surface area contributed by atoms with Gasteiger partial charge in [-0.3, -0.25) is 0 Å². The zero-order valence-corrected chi connectivity index (χ0v) is 15.8. The quantitative estimate of drug-likeness (QED) is 0.467. The van der Waals surface area contributed by atoms with Gasteiger partial charge in [0.2, 0.25) is 0 Å². The Morgan fingerprint density at radius 2 is 2.09 bits per heavy atom. The Kier molecular flexibility index (Phi) is 6.44. The van der Waals surface area contributed by atoms with Crippen molar-refractivity contribution in [3.63, 3.8) is 0 Å². The highest BCUT2D eigenvalue weighted by Gasteiger charge is 2.16. The number of piperidine rings is 1. The molecule has 0 bridgehead atoms. The lowest BCUT2D eigenvalue weighted by Gasteiger charge is -2.31. The Morgan fingerprint density at radius 3 is 2.78 bits per heavy atom. The molecule has 0 saturated carbocycles. The molecule has 1 aromatic heterocycles. The van der Waals surface area contributed by atoms with Crippen LogP contribution in [0.5, 0.6) is 0 Å². The standard InChI is InChI=1S/C17H23N5.HI/c1-14-6-10-21(11-7-14)17(18)19-13-15-4-2-5-16(12-15)22-9-3-8-20-22;/h2-5,8-9,12,14H,6-7,10-11,13H2,1H3,(H2,18,19);1H. The van der Waals surface area contributed by atoms with Crippen LogP contribution < -0.4 is 5.73 Å². The number of guanidine groups is 1. The molecule has 23 heavy (non-hydrogen) atoms. The molecular weight excluding hydrogens is 401 g/mol. The number of hydrogen-bond donors (Lipinski definition) is 1. The van der Waals surface area contributed by atoms with Crippen molar-refractivity contribution in [3.05, 3.63) is 48.3 Å². The van der Waals surface area contributed by atoms with Crippen LogP contribution in [-0.4, -0.2) is 33.7 Å². The number of aliphatic imine (C=N–C) groups is 1. The topological polar surface area (TPSA) is 59.4 Å². The van der Waals surface area contributed by atoms with Crippen molar-refractivity contribution in [2.45, 2.75) is 26.3 Å². The number of likely N-dealkylation sites (tertiary alicyclic amines) is 1. The summed E-state index contributed by atoms with van der Waals surface area (Å²) < 4.78 is 1.85. The van der Waals surface area contributed by atoms with Gasteiger partial charge in [-0.2, -0.15) is 5.10 Å². The molecule has 0 radical (unpaired) electrons. The van der Waals surface area contributed by atoms with Gasteiger partial charge < -0.3 is 10.6 Å². The van der Waals surface area contributed by atoms with E-state index in [4.69, 9.17) is 5.73 Å². The molecule has 0 amide bonds. The first-order chi connectivity index (χ1) is 10.7. The van der Waals surface area contributed by atoms with E-state index >= 15 is 0 Å². The molecule has 1 aliphatic heterocycles. The Hall–Kier alpha value is -1.57. The van der Waals surface area contributed by atoms with E-state index in [1.807, 2.05) is 29.1 Å². The van der Waals surface area contributed by atoms with Crippen molar-refractivity contribution in [1.82, 2.24) is 14.7 Å². The summed E-state index contributed by atoms with van der Waals surface area (Å²) in [6.45, 7) is 4.94. The number of nitrogens with two attached hydrogens (primary N) is 1. The Balaban J connectivity index is 0.00000192. The molecular formula is C17H24IN5. The molecule has 1 saturated heterocycles. The number of rotatable bonds is 3. The Morgan fingerprint density at radius 1 is 1.30 bits per heavy atom. The summed E-state index contributed by atoms with van der Waals surface area (Å²) in [6.07, 6.45) is 6.11. The summed E-state index contributed by atoms with van der Waals surface area (Å²) in [5, 5.41) is 4.25. The van der Waals surface area contributed by atoms with Crippen LogP contribution in [0.15, 0.2) is 47.7 Å².